The molecule has 0 unspecified atom stereocenters. The number of nitrogens with one attached hydrogen (secondary N) is 1. The maximum absolute atomic E-state index is 12.7. The summed E-state index contributed by atoms with van der Waals surface area (Å²) in [6, 6.07) is 6.03. The number of fused-ring (bicyclic) bond motifs is 1. The van der Waals surface area contributed by atoms with Gasteiger partial charge >= 0.3 is 0 Å². The van der Waals surface area contributed by atoms with Crippen LogP contribution in [0.3, 0.4) is 0 Å². The van der Waals surface area contributed by atoms with E-state index in [4.69, 9.17) is 0 Å². The average molecular weight is 322 g/mol. The highest BCUT2D eigenvalue weighted by Gasteiger charge is 2.15. The van der Waals surface area contributed by atoms with Gasteiger partial charge in [-0.25, -0.2) is 4.98 Å². The number of carbonyl (C=O) groups excluding carboxylic acids is 1. The molecule has 1 atom stereocenters. The molecule has 24 heavy (non-hydrogen) atoms. The van der Waals surface area contributed by atoms with Crippen LogP contribution in [0.1, 0.15) is 40.1 Å². The van der Waals surface area contributed by atoms with Gasteiger partial charge in [0, 0.05) is 36.1 Å². The molecule has 3 aromatic rings. The van der Waals surface area contributed by atoms with Gasteiger partial charge in [0.15, 0.2) is 0 Å². The highest BCUT2D eigenvalue weighted by Crippen LogP contribution is 2.24. The van der Waals surface area contributed by atoms with E-state index in [1.54, 1.807) is 12.5 Å². The molecule has 1 N–H and O–H groups in total. The van der Waals surface area contributed by atoms with Crippen molar-refractivity contribution in [3.05, 3.63) is 59.3 Å². The quantitative estimate of drug-likeness (QED) is 0.801. The number of benzene rings is 1. The van der Waals surface area contributed by atoms with E-state index < -0.39 is 0 Å². The smallest absolute Gasteiger partial charge is 0.252 e. The maximum Gasteiger partial charge on any atom is 0.252 e. The van der Waals surface area contributed by atoms with Crippen LogP contribution in [0.2, 0.25) is 0 Å². The maximum atomic E-state index is 12.7. The predicted molar refractivity (Wildman–Crippen MR) is 95.2 cm³/mol. The van der Waals surface area contributed by atoms with Crippen LogP contribution in [0.5, 0.6) is 0 Å². The molecule has 0 fully saturated rings. The summed E-state index contributed by atoms with van der Waals surface area (Å²) in [6.07, 6.45) is 5.40. The van der Waals surface area contributed by atoms with Crippen LogP contribution >= 0.6 is 0 Å². The molecule has 0 radical (unpaired) electrons. The fourth-order valence-corrected chi connectivity index (χ4v) is 2.82. The Hall–Kier alpha value is -2.69. The SMILES string of the molecule is Cc1cc(C(=O)NC[C@@H](C)n2ccnc2)c2ccc(C)c(C)c2n1. The van der Waals surface area contributed by atoms with E-state index >= 15 is 0 Å². The number of hydrogen-bond acceptors (Lipinski definition) is 3. The topological polar surface area (TPSA) is 59.8 Å². The van der Waals surface area contributed by atoms with Crippen molar-refractivity contribution in [1.29, 1.82) is 0 Å². The first-order valence-corrected chi connectivity index (χ1v) is 8.10. The number of hydrogen-bond donors (Lipinski definition) is 1. The van der Waals surface area contributed by atoms with Crippen molar-refractivity contribution >= 4 is 16.8 Å². The minimum absolute atomic E-state index is 0.0688. The standard InChI is InChI=1S/C19H22N4O/c1-12-5-6-16-17(9-13(2)22-18(16)15(12)4)19(24)21-10-14(3)23-8-7-20-11-23/h5-9,11,14H,10H2,1-4H3,(H,21,24)/t14-/m1/s1. The number of pyridine rings is 1. The summed E-state index contributed by atoms with van der Waals surface area (Å²) in [6.45, 7) is 8.62. The van der Waals surface area contributed by atoms with E-state index in [1.165, 1.54) is 5.56 Å². The van der Waals surface area contributed by atoms with Crippen LogP contribution in [0, 0.1) is 20.8 Å². The first-order valence-electron chi connectivity index (χ1n) is 8.10. The third kappa shape index (κ3) is 3.02. The zero-order chi connectivity index (χ0) is 17.3. The van der Waals surface area contributed by atoms with Crippen LogP contribution in [0.15, 0.2) is 36.9 Å². The van der Waals surface area contributed by atoms with Gasteiger partial charge in [0.2, 0.25) is 0 Å². The molecule has 1 amide bonds. The summed E-state index contributed by atoms with van der Waals surface area (Å²) in [5.74, 6) is -0.0688. The van der Waals surface area contributed by atoms with E-state index in [0.717, 1.165) is 22.2 Å². The Morgan fingerprint density at radius 1 is 1.29 bits per heavy atom. The van der Waals surface area contributed by atoms with Crippen molar-refractivity contribution in [2.24, 2.45) is 0 Å². The second-order valence-electron chi connectivity index (χ2n) is 6.28. The molecule has 1 aromatic carbocycles. The number of aromatic nitrogens is 3. The Balaban J connectivity index is 1.88. The first-order chi connectivity index (χ1) is 11.5. The van der Waals surface area contributed by atoms with E-state index in [2.05, 4.69) is 22.2 Å². The molecule has 5 nitrogen and oxygen atoms in total. The zero-order valence-corrected chi connectivity index (χ0v) is 14.5. The largest absolute Gasteiger partial charge is 0.350 e. The highest BCUT2D eigenvalue weighted by atomic mass is 16.1. The van der Waals surface area contributed by atoms with Gasteiger partial charge in [0.25, 0.3) is 5.91 Å². The second kappa shape index (κ2) is 6.43. The molecule has 0 aliphatic carbocycles. The van der Waals surface area contributed by atoms with Crippen LogP contribution in [-0.4, -0.2) is 27.0 Å². The van der Waals surface area contributed by atoms with E-state index in [0.29, 0.717) is 12.1 Å². The minimum Gasteiger partial charge on any atom is -0.350 e. The fourth-order valence-electron chi connectivity index (χ4n) is 2.82. The lowest BCUT2D eigenvalue weighted by Gasteiger charge is -2.15. The highest BCUT2D eigenvalue weighted by molar-refractivity contribution is 6.07. The zero-order valence-electron chi connectivity index (χ0n) is 14.5. The molecule has 124 valence electrons. The molecule has 0 aliphatic heterocycles. The number of nitrogens with zero attached hydrogens (tertiary/aromatic N) is 3. The van der Waals surface area contributed by atoms with Gasteiger partial charge in [-0.2, -0.15) is 0 Å². The molecule has 2 heterocycles. The normalized spacial score (nSPS) is 12.3. The first kappa shape index (κ1) is 16.2. The van der Waals surface area contributed by atoms with Crippen LogP contribution in [-0.2, 0) is 0 Å². The van der Waals surface area contributed by atoms with Crippen LogP contribution < -0.4 is 5.32 Å². The van der Waals surface area contributed by atoms with Crippen molar-refractivity contribution in [2.75, 3.05) is 6.54 Å². The van der Waals surface area contributed by atoms with Gasteiger partial charge in [-0.1, -0.05) is 12.1 Å². The second-order valence-corrected chi connectivity index (χ2v) is 6.28. The van der Waals surface area contributed by atoms with Crippen molar-refractivity contribution in [3.8, 4) is 0 Å². The summed E-state index contributed by atoms with van der Waals surface area (Å²) in [4.78, 5) is 21.4. The number of carbonyl (C=O) groups is 1. The summed E-state index contributed by atoms with van der Waals surface area (Å²) in [5, 5.41) is 3.92. The Morgan fingerprint density at radius 3 is 2.79 bits per heavy atom. The number of rotatable bonds is 4. The molecular weight excluding hydrogens is 300 g/mol. The number of amides is 1. The number of imidazole rings is 1. The molecule has 0 saturated heterocycles. The molecule has 3 rings (SSSR count). The molecule has 5 heteroatoms. The van der Waals surface area contributed by atoms with E-state index in [9.17, 15) is 4.79 Å². The Bertz CT molecular complexity index is 884. The third-order valence-corrected chi connectivity index (χ3v) is 4.47. The van der Waals surface area contributed by atoms with Gasteiger partial charge in [0.1, 0.15) is 0 Å². The van der Waals surface area contributed by atoms with Gasteiger partial charge in [0.05, 0.1) is 17.4 Å². The Morgan fingerprint density at radius 2 is 2.08 bits per heavy atom. The van der Waals surface area contributed by atoms with E-state index in [-0.39, 0.29) is 11.9 Å². The molecular formula is C19H22N4O. The van der Waals surface area contributed by atoms with Crippen LogP contribution in [0.25, 0.3) is 10.9 Å². The summed E-state index contributed by atoms with van der Waals surface area (Å²) >= 11 is 0. The lowest BCUT2D eigenvalue weighted by atomic mass is 10.0. The minimum atomic E-state index is -0.0688. The molecule has 0 aliphatic rings. The molecule has 0 spiro atoms. The predicted octanol–water partition coefficient (Wildman–Crippen LogP) is 3.35. The van der Waals surface area contributed by atoms with Crippen LogP contribution in [0.4, 0.5) is 0 Å². The summed E-state index contributed by atoms with van der Waals surface area (Å²) < 4.78 is 1.98. The third-order valence-electron chi connectivity index (χ3n) is 4.47. The average Bonchev–Trinajstić information content (AvgIpc) is 3.10. The van der Waals surface area contributed by atoms with E-state index in [1.807, 2.05) is 49.7 Å². The molecule has 0 bridgehead atoms. The molecule has 2 aromatic heterocycles. The number of aryl methyl sites for hydroxylation is 3. The van der Waals surface area contributed by atoms with Crippen molar-refractivity contribution in [2.45, 2.75) is 33.7 Å². The Kier molecular flexibility index (Phi) is 4.34. The van der Waals surface area contributed by atoms with Gasteiger partial charge in [-0.15, -0.1) is 0 Å². The summed E-state index contributed by atoms with van der Waals surface area (Å²) in [7, 11) is 0. The van der Waals surface area contributed by atoms with Gasteiger partial charge in [-0.05, 0) is 44.9 Å². The lowest BCUT2D eigenvalue weighted by molar-refractivity contribution is 0.0950. The monoisotopic (exact) mass is 322 g/mol. The van der Waals surface area contributed by atoms with Crippen molar-refractivity contribution in [1.82, 2.24) is 19.9 Å². The van der Waals surface area contributed by atoms with Crippen molar-refractivity contribution < 1.29 is 4.79 Å². The van der Waals surface area contributed by atoms with Gasteiger partial charge in [-0.3, -0.25) is 9.78 Å². The lowest BCUT2D eigenvalue weighted by Crippen LogP contribution is -2.29. The molecule has 0 saturated carbocycles. The van der Waals surface area contributed by atoms with Crippen molar-refractivity contribution in [3.63, 3.8) is 0 Å². The van der Waals surface area contributed by atoms with Gasteiger partial charge < -0.3 is 9.88 Å². The fraction of sp³-hybridized carbons (Fsp3) is 0.316. The Labute approximate surface area is 141 Å². The summed E-state index contributed by atoms with van der Waals surface area (Å²) in [5.41, 5.74) is 4.74.